The molecular weight excluding hydrogens is 428 g/mol. The molecule has 0 aliphatic rings. The Bertz CT molecular complexity index is 1000. The van der Waals surface area contributed by atoms with Gasteiger partial charge in [-0.3, -0.25) is 9.59 Å². The van der Waals surface area contributed by atoms with Gasteiger partial charge >= 0.3 is 5.97 Å². The number of hydrogen-bond donors (Lipinski definition) is 2. The lowest BCUT2D eigenvalue weighted by Crippen LogP contribution is -2.45. The second-order valence-corrected chi connectivity index (χ2v) is 9.37. The average molecular weight is 453 g/mol. The summed E-state index contributed by atoms with van der Waals surface area (Å²) in [6.45, 7) is 6.46. The Labute approximate surface area is 181 Å². The molecule has 0 saturated carbocycles. The summed E-state index contributed by atoms with van der Waals surface area (Å²) in [6.07, 6.45) is 0. The Balaban J connectivity index is 2.03. The molecular formula is C21H25ClN2O5S. The molecule has 2 aromatic rings. The summed E-state index contributed by atoms with van der Waals surface area (Å²) in [5.74, 6) is -1.81. The second-order valence-electron chi connectivity index (χ2n) is 7.25. The van der Waals surface area contributed by atoms with E-state index >= 15 is 0 Å². The predicted octanol–water partition coefficient (Wildman–Crippen LogP) is 3.44. The fourth-order valence-electron chi connectivity index (χ4n) is 2.77. The number of sulfonamides is 1. The normalized spacial score (nSPS) is 12.5. The quantitative estimate of drug-likeness (QED) is 0.597. The molecule has 0 heterocycles. The average Bonchev–Trinajstić information content (AvgIpc) is 2.67. The van der Waals surface area contributed by atoms with Crippen LogP contribution in [0.15, 0.2) is 47.4 Å². The Kier molecular flexibility index (Phi) is 8.00. The molecule has 2 rings (SSSR count). The number of carbonyl (C=O) groups excluding carboxylic acids is 2. The Morgan fingerprint density at radius 3 is 2.30 bits per heavy atom. The van der Waals surface area contributed by atoms with Crippen molar-refractivity contribution in [1.82, 2.24) is 4.72 Å². The van der Waals surface area contributed by atoms with Crippen LogP contribution in [0.4, 0.5) is 5.69 Å². The van der Waals surface area contributed by atoms with Gasteiger partial charge in [0.2, 0.25) is 10.0 Å². The molecule has 1 amide bonds. The number of halogens is 1. The first kappa shape index (κ1) is 23.9. The summed E-state index contributed by atoms with van der Waals surface area (Å²) in [5.41, 5.74) is 2.16. The molecule has 0 aliphatic heterocycles. The molecule has 0 radical (unpaired) electrons. The number of carbonyl (C=O) groups is 2. The molecule has 2 N–H and O–H groups in total. The SMILES string of the molecule is Cc1cc(C)c(NC(=O)COC(=O)[C@@H](NS(=O)(=O)c2ccccc2)C(C)C)c(Cl)c1. The molecule has 0 spiro atoms. The largest absolute Gasteiger partial charge is 0.454 e. The van der Waals surface area contributed by atoms with Crippen molar-refractivity contribution in [2.45, 2.75) is 38.6 Å². The van der Waals surface area contributed by atoms with E-state index < -0.39 is 40.5 Å². The van der Waals surface area contributed by atoms with Crippen LogP contribution in [-0.2, 0) is 24.3 Å². The van der Waals surface area contributed by atoms with Gasteiger partial charge in [-0.1, -0.05) is 49.7 Å². The van der Waals surface area contributed by atoms with Crippen LogP contribution >= 0.6 is 11.6 Å². The standard InChI is InChI=1S/C21H25ClN2O5S/c1-13(2)19(24-30(27,28)16-8-6-5-7-9-16)21(26)29-12-18(25)23-20-15(4)10-14(3)11-17(20)22/h5-11,13,19,24H,12H2,1-4H3,(H,23,25)/t19-/m0/s1. The third-order valence-electron chi connectivity index (χ3n) is 4.30. The van der Waals surface area contributed by atoms with Gasteiger partial charge in [0.1, 0.15) is 6.04 Å². The zero-order chi connectivity index (χ0) is 22.5. The van der Waals surface area contributed by atoms with Gasteiger partial charge in [-0.05, 0) is 49.1 Å². The zero-order valence-corrected chi connectivity index (χ0v) is 18.8. The molecule has 0 unspecified atom stereocenters. The number of anilines is 1. The lowest BCUT2D eigenvalue weighted by Gasteiger charge is -2.21. The molecule has 162 valence electrons. The molecule has 0 fully saturated rings. The number of hydrogen-bond acceptors (Lipinski definition) is 5. The van der Waals surface area contributed by atoms with Crippen molar-refractivity contribution >= 4 is 39.2 Å². The van der Waals surface area contributed by atoms with Crippen LogP contribution in [0.25, 0.3) is 0 Å². The van der Waals surface area contributed by atoms with E-state index in [0.717, 1.165) is 11.1 Å². The minimum absolute atomic E-state index is 0.0330. The van der Waals surface area contributed by atoms with Crippen LogP contribution in [-0.4, -0.2) is 32.9 Å². The number of amides is 1. The smallest absolute Gasteiger partial charge is 0.324 e. The Morgan fingerprint density at radius 2 is 1.73 bits per heavy atom. The van der Waals surface area contributed by atoms with E-state index in [1.165, 1.54) is 12.1 Å². The van der Waals surface area contributed by atoms with Crippen molar-refractivity contribution in [3.8, 4) is 0 Å². The van der Waals surface area contributed by atoms with Gasteiger partial charge in [0, 0.05) is 0 Å². The fourth-order valence-corrected chi connectivity index (χ4v) is 4.49. The van der Waals surface area contributed by atoms with E-state index in [0.29, 0.717) is 10.7 Å². The Hall–Kier alpha value is -2.42. The van der Waals surface area contributed by atoms with Crippen molar-refractivity contribution < 1.29 is 22.7 Å². The van der Waals surface area contributed by atoms with Gasteiger partial charge in [-0.15, -0.1) is 0 Å². The summed E-state index contributed by atoms with van der Waals surface area (Å²) in [5, 5.41) is 2.99. The third-order valence-corrected chi connectivity index (χ3v) is 6.05. The van der Waals surface area contributed by atoms with Crippen LogP contribution in [0, 0.1) is 19.8 Å². The van der Waals surface area contributed by atoms with Gasteiger partial charge < -0.3 is 10.1 Å². The first-order chi connectivity index (χ1) is 14.0. The third kappa shape index (κ3) is 6.29. The van der Waals surface area contributed by atoms with E-state index in [-0.39, 0.29) is 4.90 Å². The molecule has 0 bridgehead atoms. The highest BCUT2D eigenvalue weighted by molar-refractivity contribution is 7.89. The zero-order valence-electron chi connectivity index (χ0n) is 17.2. The minimum Gasteiger partial charge on any atom is -0.454 e. The van der Waals surface area contributed by atoms with Gasteiger partial charge in [0.15, 0.2) is 6.61 Å². The monoisotopic (exact) mass is 452 g/mol. The predicted molar refractivity (Wildman–Crippen MR) is 116 cm³/mol. The first-order valence-electron chi connectivity index (χ1n) is 9.32. The van der Waals surface area contributed by atoms with Crippen LogP contribution in [0.2, 0.25) is 5.02 Å². The number of esters is 1. The number of rotatable bonds is 8. The topological polar surface area (TPSA) is 102 Å². The second kappa shape index (κ2) is 10.1. The molecule has 30 heavy (non-hydrogen) atoms. The van der Waals surface area contributed by atoms with Crippen molar-refractivity contribution in [2.24, 2.45) is 5.92 Å². The first-order valence-corrected chi connectivity index (χ1v) is 11.2. The van der Waals surface area contributed by atoms with Crippen molar-refractivity contribution in [1.29, 1.82) is 0 Å². The molecule has 1 atom stereocenters. The molecule has 2 aromatic carbocycles. The minimum atomic E-state index is -3.92. The van der Waals surface area contributed by atoms with E-state index in [4.69, 9.17) is 16.3 Å². The van der Waals surface area contributed by atoms with Crippen molar-refractivity contribution in [3.63, 3.8) is 0 Å². The van der Waals surface area contributed by atoms with Gasteiger partial charge in [-0.2, -0.15) is 4.72 Å². The fraction of sp³-hybridized carbons (Fsp3) is 0.333. The van der Waals surface area contributed by atoms with Crippen LogP contribution in [0.1, 0.15) is 25.0 Å². The van der Waals surface area contributed by atoms with Crippen LogP contribution in [0.5, 0.6) is 0 Å². The maximum absolute atomic E-state index is 12.5. The molecule has 9 heteroatoms. The molecule has 0 aliphatic carbocycles. The van der Waals surface area contributed by atoms with Crippen LogP contribution in [0.3, 0.4) is 0 Å². The van der Waals surface area contributed by atoms with Gasteiger partial charge in [0.25, 0.3) is 5.91 Å². The Morgan fingerprint density at radius 1 is 1.10 bits per heavy atom. The summed E-state index contributed by atoms with van der Waals surface area (Å²) < 4.78 is 32.5. The van der Waals surface area contributed by atoms with E-state index in [1.54, 1.807) is 45.0 Å². The van der Waals surface area contributed by atoms with Crippen LogP contribution < -0.4 is 10.0 Å². The van der Waals surface area contributed by atoms with Gasteiger partial charge in [-0.25, -0.2) is 8.42 Å². The van der Waals surface area contributed by atoms with E-state index in [1.807, 2.05) is 13.0 Å². The molecule has 0 aromatic heterocycles. The number of aryl methyl sites for hydroxylation is 2. The highest BCUT2D eigenvalue weighted by atomic mass is 35.5. The highest BCUT2D eigenvalue weighted by Crippen LogP contribution is 2.27. The molecule has 7 nitrogen and oxygen atoms in total. The van der Waals surface area contributed by atoms with E-state index in [9.17, 15) is 18.0 Å². The maximum atomic E-state index is 12.5. The van der Waals surface area contributed by atoms with Crippen molar-refractivity contribution in [3.05, 3.63) is 58.6 Å². The summed E-state index contributed by atoms with van der Waals surface area (Å²) in [7, 11) is -3.92. The maximum Gasteiger partial charge on any atom is 0.324 e. The number of ether oxygens (including phenoxy) is 1. The summed E-state index contributed by atoms with van der Waals surface area (Å²) >= 11 is 6.17. The lowest BCUT2D eigenvalue weighted by molar-refractivity contribution is -0.150. The molecule has 0 saturated heterocycles. The highest BCUT2D eigenvalue weighted by Gasteiger charge is 2.30. The lowest BCUT2D eigenvalue weighted by atomic mass is 10.1. The van der Waals surface area contributed by atoms with E-state index in [2.05, 4.69) is 10.0 Å². The van der Waals surface area contributed by atoms with Gasteiger partial charge in [0.05, 0.1) is 15.6 Å². The summed E-state index contributed by atoms with van der Waals surface area (Å²) in [4.78, 5) is 24.7. The summed E-state index contributed by atoms with van der Waals surface area (Å²) in [6, 6.07) is 10.1. The van der Waals surface area contributed by atoms with Crippen molar-refractivity contribution in [2.75, 3.05) is 11.9 Å². The number of benzene rings is 2. The number of nitrogens with one attached hydrogen (secondary N) is 2.